The first-order valence-corrected chi connectivity index (χ1v) is 5.90. The molecule has 0 aromatic carbocycles. The fourth-order valence-electron chi connectivity index (χ4n) is 0.725. The first-order chi connectivity index (χ1) is 6.63. The molecule has 78 valence electrons. The van der Waals surface area contributed by atoms with Crippen LogP contribution in [0.25, 0.3) is 0 Å². The van der Waals surface area contributed by atoms with E-state index in [2.05, 4.69) is 23.7 Å². The van der Waals surface area contributed by atoms with Gasteiger partial charge in [-0.1, -0.05) is 58.2 Å². The van der Waals surface area contributed by atoms with Gasteiger partial charge in [0.25, 0.3) is 0 Å². The van der Waals surface area contributed by atoms with E-state index in [1.54, 1.807) is 0 Å². The highest BCUT2D eigenvalue weighted by molar-refractivity contribution is 6.46. The van der Waals surface area contributed by atoms with Crippen LogP contribution in [0.3, 0.4) is 0 Å². The maximum atomic E-state index is 5.42. The Labute approximate surface area is 105 Å². The maximum Gasteiger partial charge on any atom is 0.167 e. The molecule has 0 heterocycles. The first-order valence-electron chi connectivity index (χ1n) is 4.16. The van der Waals surface area contributed by atoms with Crippen LogP contribution < -0.4 is 0 Å². The Kier molecular flexibility index (Phi) is 10.0. The predicted octanol–water partition coefficient (Wildman–Crippen LogP) is 4.16. The molecule has 0 fully saturated rings. The lowest BCUT2D eigenvalue weighted by Crippen LogP contribution is -1.79. The van der Waals surface area contributed by atoms with Crippen LogP contribution in [0.5, 0.6) is 0 Å². The molecule has 0 rings (SSSR count). The molecule has 0 spiro atoms. The molecular formula is C10H10Cl4. The summed E-state index contributed by atoms with van der Waals surface area (Å²) in [5.41, 5.74) is 0. The van der Waals surface area contributed by atoms with Crippen molar-refractivity contribution < 1.29 is 0 Å². The Hall–Kier alpha value is 0.280. The van der Waals surface area contributed by atoms with Crippen molar-refractivity contribution >= 4 is 46.4 Å². The third kappa shape index (κ3) is 12.3. The van der Waals surface area contributed by atoms with Gasteiger partial charge in [0.05, 0.1) is 0 Å². The van der Waals surface area contributed by atoms with Crippen molar-refractivity contribution in [1.29, 1.82) is 0 Å². The van der Waals surface area contributed by atoms with E-state index in [9.17, 15) is 0 Å². The van der Waals surface area contributed by atoms with Gasteiger partial charge >= 0.3 is 0 Å². The summed E-state index contributed by atoms with van der Waals surface area (Å²) in [6.07, 6.45) is 3.56. The maximum absolute atomic E-state index is 5.42. The SMILES string of the molecule is ClC(Cl)C#CCCCCC#CC(Cl)Cl. The van der Waals surface area contributed by atoms with Crippen molar-refractivity contribution in [1.82, 2.24) is 0 Å². The first kappa shape index (κ1) is 14.3. The Morgan fingerprint density at radius 3 is 1.36 bits per heavy atom. The van der Waals surface area contributed by atoms with Crippen LogP contribution in [-0.2, 0) is 0 Å². The number of unbranched alkanes of at least 4 members (excludes halogenated alkanes) is 3. The van der Waals surface area contributed by atoms with Gasteiger partial charge in [-0.25, -0.2) is 0 Å². The Bertz CT molecular complexity index is 221. The van der Waals surface area contributed by atoms with Gasteiger partial charge in [0.2, 0.25) is 0 Å². The summed E-state index contributed by atoms with van der Waals surface area (Å²) in [6.45, 7) is 0. The van der Waals surface area contributed by atoms with Gasteiger partial charge in [-0.15, -0.1) is 11.8 Å². The molecule has 0 radical (unpaired) electrons. The Morgan fingerprint density at radius 1 is 0.714 bits per heavy atom. The van der Waals surface area contributed by atoms with Crippen LogP contribution in [0.2, 0.25) is 0 Å². The molecule has 0 aliphatic heterocycles. The monoisotopic (exact) mass is 270 g/mol. The van der Waals surface area contributed by atoms with Crippen molar-refractivity contribution in [3.8, 4) is 23.7 Å². The largest absolute Gasteiger partial charge is 0.167 e. The van der Waals surface area contributed by atoms with Crippen molar-refractivity contribution in [3.05, 3.63) is 0 Å². The minimum atomic E-state index is -0.581. The molecule has 0 aliphatic rings. The summed E-state index contributed by atoms with van der Waals surface area (Å²) in [5.74, 6) is 11.1. The zero-order valence-corrected chi connectivity index (χ0v) is 10.5. The molecule has 0 aliphatic carbocycles. The van der Waals surface area contributed by atoms with Gasteiger partial charge in [-0.3, -0.25) is 0 Å². The lowest BCUT2D eigenvalue weighted by molar-refractivity contribution is 0.782. The van der Waals surface area contributed by atoms with Crippen molar-refractivity contribution in [3.63, 3.8) is 0 Å². The average Bonchev–Trinajstić information content (AvgIpc) is 2.08. The zero-order chi connectivity index (χ0) is 10.8. The van der Waals surface area contributed by atoms with E-state index in [1.807, 2.05) is 0 Å². The molecule has 0 saturated heterocycles. The Morgan fingerprint density at radius 2 is 1.07 bits per heavy atom. The van der Waals surface area contributed by atoms with Gasteiger partial charge in [-0.05, 0) is 12.8 Å². The highest BCUT2D eigenvalue weighted by Crippen LogP contribution is 2.02. The van der Waals surface area contributed by atoms with Gasteiger partial charge in [0.15, 0.2) is 9.67 Å². The molecule has 0 atom stereocenters. The standard InChI is InChI=1S/C10H10Cl4/c11-9(12)7-5-3-1-2-4-6-8-10(13)14/h9-10H,1-4H2. The van der Waals surface area contributed by atoms with Gasteiger partial charge in [0.1, 0.15) is 0 Å². The highest BCUT2D eigenvalue weighted by Gasteiger charge is 1.88. The van der Waals surface area contributed by atoms with Crippen molar-refractivity contribution in [2.45, 2.75) is 35.4 Å². The molecule has 0 aromatic heterocycles. The fraction of sp³-hybridized carbons (Fsp3) is 0.600. The number of alkyl halides is 4. The van der Waals surface area contributed by atoms with Crippen LogP contribution >= 0.6 is 46.4 Å². The molecule has 0 amide bonds. The lowest BCUT2D eigenvalue weighted by atomic mass is 10.2. The molecule has 0 aromatic rings. The number of halogens is 4. The minimum absolute atomic E-state index is 0.581. The van der Waals surface area contributed by atoms with Gasteiger partial charge < -0.3 is 0 Å². The van der Waals surface area contributed by atoms with E-state index < -0.39 is 9.67 Å². The summed E-state index contributed by atoms with van der Waals surface area (Å²) < 4.78 is 0. The smallest absolute Gasteiger partial charge is 0.100 e. The summed E-state index contributed by atoms with van der Waals surface area (Å²) in [6, 6.07) is 0. The molecule has 4 heteroatoms. The molecule has 0 unspecified atom stereocenters. The summed E-state index contributed by atoms with van der Waals surface area (Å²) in [4.78, 5) is -1.16. The summed E-state index contributed by atoms with van der Waals surface area (Å²) in [5, 5.41) is 0. The van der Waals surface area contributed by atoms with Crippen LogP contribution in [0.4, 0.5) is 0 Å². The predicted molar refractivity (Wildman–Crippen MR) is 65.0 cm³/mol. The minimum Gasteiger partial charge on any atom is -0.100 e. The number of rotatable bonds is 3. The Balaban J connectivity index is 3.33. The number of hydrogen-bond acceptors (Lipinski definition) is 0. The lowest BCUT2D eigenvalue weighted by Gasteiger charge is -1.89. The van der Waals surface area contributed by atoms with E-state index in [4.69, 9.17) is 46.4 Å². The molecule has 0 N–H and O–H groups in total. The summed E-state index contributed by atoms with van der Waals surface area (Å²) in [7, 11) is 0. The normalized spacial score (nSPS) is 9.29. The molecule has 0 nitrogen and oxygen atoms in total. The van der Waals surface area contributed by atoms with Gasteiger partial charge in [0, 0.05) is 12.8 Å². The van der Waals surface area contributed by atoms with Crippen molar-refractivity contribution in [2.75, 3.05) is 0 Å². The topological polar surface area (TPSA) is 0 Å². The second kappa shape index (κ2) is 9.82. The van der Waals surface area contributed by atoms with Crippen LogP contribution in [-0.4, -0.2) is 9.67 Å². The third-order valence-electron chi connectivity index (χ3n) is 1.28. The van der Waals surface area contributed by atoms with E-state index in [0.29, 0.717) is 0 Å². The van der Waals surface area contributed by atoms with E-state index in [-0.39, 0.29) is 0 Å². The van der Waals surface area contributed by atoms with Crippen LogP contribution in [0.15, 0.2) is 0 Å². The van der Waals surface area contributed by atoms with E-state index >= 15 is 0 Å². The van der Waals surface area contributed by atoms with E-state index in [0.717, 1.165) is 25.7 Å². The highest BCUT2D eigenvalue weighted by atomic mass is 35.5. The van der Waals surface area contributed by atoms with Crippen LogP contribution in [0.1, 0.15) is 25.7 Å². The van der Waals surface area contributed by atoms with Gasteiger partial charge in [-0.2, -0.15) is 0 Å². The quantitative estimate of drug-likeness (QED) is 0.411. The number of hydrogen-bond donors (Lipinski definition) is 0. The summed E-state index contributed by atoms with van der Waals surface area (Å²) >= 11 is 21.7. The van der Waals surface area contributed by atoms with Crippen molar-refractivity contribution in [2.24, 2.45) is 0 Å². The van der Waals surface area contributed by atoms with Crippen LogP contribution in [0, 0.1) is 23.7 Å². The molecular weight excluding hydrogens is 262 g/mol. The second-order valence-corrected chi connectivity index (χ2v) is 4.64. The zero-order valence-electron chi connectivity index (χ0n) is 7.49. The third-order valence-corrected chi connectivity index (χ3v) is 1.71. The average molecular weight is 272 g/mol. The second-order valence-electron chi connectivity index (χ2n) is 2.45. The molecule has 14 heavy (non-hydrogen) atoms. The molecule has 0 saturated carbocycles. The molecule has 0 bridgehead atoms. The van der Waals surface area contributed by atoms with E-state index in [1.165, 1.54) is 0 Å². The fourth-order valence-corrected chi connectivity index (χ4v) is 1.03.